The number of nitrogens with zero attached hydrogens (tertiary/aromatic N) is 2. The number of aromatic nitrogens is 2. The van der Waals surface area contributed by atoms with Crippen molar-refractivity contribution >= 4 is 17.2 Å². The van der Waals surface area contributed by atoms with E-state index in [1.807, 2.05) is 11.4 Å². The third-order valence-electron chi connectivity index (χ3n) is 3.91. The summed E-state index contributed by atoms with van der Waals surface area (Å²) in [6.07, 6.45) is 0.202. The Balaban J connectivity index is 1.91. The minimum absolute atomic E-state index is 0.202. The van der Waals surface area contributed by atoms with Crippen LogP contribution in [-0.2, 0) is 17.8 Å². The van der Waals surface area contributed by atoms with Crippen molar-refractivity contribution in [2.24, 2.45) is 5.73 Å². The maximum absolute atomic E-state index is 11.0. The molecule has 0 aliphatic heterocycles. The van der Waals surface area contributed by atoms with Crippen LogP contribution in [0.5, 0.6) is 0 Å². The van der Waals surface area contributed by atoms with Gasteiger partial charge in [0.1, 0.15) is 5.01 Å². The number of primary amides is 1. The van der Waals surface area contributed by atoms with E-state index in [1.165, 1.54) is 28.3 Å². The Labute approximate surface area is 139 Å². The van der Waals surface area contributed by atoms with Crippen LogP contribution >= 0.6 is 11.3 Å². The van der Waals surface area contributed by atoms with E-state index in [4.69, 9.17) is 5.73 Å². The maximum Gasteiger partial charge on any atom is 0.224 e. The van der Waals surface area contributed by atoms with Crippen LogP contribution in [-0.4, -0.2) is 15.5 Å². The molecule has 1 amide bonds. The van der Waals surface area contributed by atoms with Gasteiger partial charge in [0.15, 0.2) is 0 Å². The van der Waals surface area contributed by atoms with Crippen LogP contribution in [0.1, 0.15) is 22.0 Å². The predicted octanol–water partition coefficient (Wildman–Crippen LogP) is 3.30. The van der Waals surface area contributed by atoms with Gasteiger partial charge in [-0.1, -0.05) is 30.3 Å². The molecule has 0 radical (unpaired) electrons. The van der Waals surface area contributed by atoms with Crippen LogP contribution in [0.4, 0.5) is 0 Å². The predicted molar refractivity (Wildman–Crippen MR) is 93.5 cm³/mol. The van der Waals surface area contributed by atoms with E-state index in [2.05, 4.69) is 53.7 Å². The molecule has 0 atom stereocenters. The Hall–Kier alpha value is -2.40. The SMILES string of the molecule is Cc1cc(-c2csc(CC(N)=O)n2)c(C)n1Cc1ccccc1. The molecule has 0 bridgehead atoms. The fourth-order valence-corrected chi connectivity index (χ4v) is 3.54. The van der Waals surface area contributed by atoms with Gasteiger partial charge in [-0.05, 0) is 25.5 Å². The van der Waals surface area contributed by atoms with Crippen molar-refractivity contribution < 1.29 is 4.79 Å². The molecular weight excluding hydrogens is 306 g/mol. The highest BCUT2D eigenvalue weighted by Gasteiger charge is 2.14. The van der Waals surface area contributed by atoms with Crippen molar-refractivity contribution in [1.82, 2.24) is 9.55 Å². The normalized spacial score (nSPS) is 10.9. The molecule has 3 aromatic rings. The third-order valence-corrected chi connectivity index (χ3v) is 4.76. The number of carbonyl (C=O) groups excluding carboxylic acids is 1. The molecule has 4 nitrogen and oxygen atoms in total. The number of aryl methyl sites for hydroxylation is 1. The summed E-state index contributed by atoms with van der Waals surface area (Å²) in [4.78, 5) is 15.6. The van der Waals surface area contributed by atoms with Crippen molar-refractivity contribution in [1.29, 1.82) is 0 Å². The summed E-state index contributed by atoms with van der Waals surface area (Å²) in [6, 6.07) is 12.6. The van der Waals surface area contributed by atoms with E-state index in [1.54, 1.807) is 0 Å². The molecule has 5 heteroatoms. The average molecular weight is 325 g/mol. The zero-order chi connectivity index (χ0) is 16.4. The lowest BCUT2D eigenvalue weighted by Crippen LogP contribution is -2.13. The van der Waals surface area contributed by atoms with E-state index in [0.717, 1.165) is 22.8 Å². The Morgan fingerprint density at radius 1 is 1.26 bits per heavy atom. The molecule has 2 aromatic heterocycles. The van der Waals surface area contributed by atoms with Crippen LogP contribution in [0.2, 0.25) is 0 Å². The first-order chi connectivity index (χ1) is 11.0. The molecule has 0 fully saturated rings. The van der Waals surface area contributed by atoms with Crippen molar-refractivity contribution in [2.45, 2.75) is 26.8 Å². The van der Waals surface area contributed by atoms with Crippen LogP contribution in [0, 0.1) is 13.8 Å². The zero-order valence-electron chi connectivity index (χ0n) is 13.2. The minimum atomic E-state index is -0.347. The Kier molecular flexibility index (Phi) is 4.30. The van der Waals surface area contributed by atoms with Crippen molar-refractivity contribution in [2.75, 3.05) is 0 Å². The van der Waals surface area contributed by atoms with E-state index in [0.29, 0.717) is 0 Å². The monoisotopic (exact) mass is 325 g/mol. The number of hydrogen-bond donors (Lipinski definition) is 1. The zero-order valence-corrected chi connectivity index (χ0v) is 14.1. The molecule has 0 aliphatic carbocycles. The molecular formula is C18H19N3OS. The third kappa shape index (κ3) is 3.35. The highest BCUT2D eigenvalue weighted by molar-refractivity contribution is 7.10. The number of amides is 1. The summed E-state index contributed by atoms with van der Waals surface area (Å²) in [7, 11) is 0. The average Bonchev–Trinajstić information content (AvgIpc) is 3.07. The summed E-state index contributed by atoms with van der Waals surface area (Å²) in [6.45, 7) is 5.06. The quantitative estimate of drug-likeness (QED) is 0.782. The van der Waals surface area contributed by atoms with Gasteiger partial charge in [0.2, 0.25) is 5.91 Å². The molecule has 1 aromatic carbocycles. The first kappa shape index (κ1) is 15.5. The number of rotatable bonds is 5. The first-order valence-electron chi connectivity index (χ1n) is 7.48. The van der Waals surface area contributed by atoms with Gasteiger partial charge in [0.05, 0.1) is 12.1 Å². The van der Waals surface area contributed by atoms with E-state index < -0.39 is 0 Å². The Morgan fingerprint density at radius 2 is 2.00 bits per heavy atom. The van der Waals surface area contributed by atoms with Crippen LogP contribution < -0.4 is 5.73 Å². The van der Waals surface area contributed by atoms with Gasteiger partial charge in [0, 0.05) is 28.9 Å². The lowest BCUT2D eigenvalue weighted by Gasteiger charge is -2.09. The van der Waals surface area contributed by atoms with Crippen LogP contribution in [0.25, 0.3) is 11.3 Å². The number of carbonyl (C=O) groups is 1. The first-order valence-corrected chi connectivity index (χ1v) is 8.36. The highest BCUT2D eigenvalue weighted by atomic mass is 32.1. The standard InChI is InChI=1S/C18H19N3OS/c1-12-8-15(16-11-23-18(20-16)9-17(19)22)13(2)21(12)10-14-6-4-3-5-7-14/h3-8,11H,9-10H2,1-2H3,(H2,19,22). The fraction of sp³-hybridized carbons (Fsp3) is 0.222. The second-order valence-electron chi connectivity index (χ2n) is 5.63. The van der Waals surface area contributed by atoms with Crippen molar-refractivity contribution in [3.8, 4) is 11.3 Å². The topological polar surface area (TPSA) is 60.9 Å². The molecule has 118 valence electrons. The molecule has 0 saturated heterocycles. The molecule has 3 rings (SSSR count). The van der Waals surface area contributed by atoms with E-state index in [-0.39, 0.29) is 12.3 Å². The Bertz CT molecular complexity index is 833. The highest BCUT2D eigenvalue weighted by Crippen LogP contribution is 2.28. The van der Waals surface area contributed by atoms with Crippen LogP contribution in [0.3, 0.4) is 0 Å². The van der Waals surface area contributed by atoms with Gasteiger partial charge in [-0.2, -0.15) is 0 Å². The van der Waals surface area contributed by atoms with E-state index in [9.17, 15) is 4.79 Å². The molecule has 0 aliphatic rings. The molecule has 2 heterocycles. The molecule has 23 heavy (non-hydrogen) atoms. The smallest absolute Gasteiger partial charge is 0.224 e. The second-order valence-corrected chi connectivity index (χ2v) is 6.57. The largest absolute Gasteiger partial charge is 0.369 e. The second kappa shape index (κ2) is 6.38. The lowest BCUT2D eigenvalue weighted by atomic mass is 10.2. The van der Waals surface area contributed by atoms with Gasteiger partial charge in [-0.15, -0.1) is 11.3 Å². The van der Waals surface area contributed by atoms with Crippen LogP contribution in [0.15, 0.2) is 41.8 Å². The number of benzene rings is 1. The van der Waals surface area contributed by atoms with Gasteiger partial charge >= 0.3 is 0 Å². The molecule has 2 N–H and O–H groups in total. The summed E-state index contributed by atoms with van der Waals surface area (Å²) in [5.41, 5.74) is 10.9. The van der Waals surface area contributed by atoms with Gasteiger partial charge < -0.3 is 10.3 Å². The molecule has 0 spiro atoms. The number of hydrogen-bond acceptors (Lipinski definition) is 3. The lowest BCUT2D eigenvalue weighted by molar-refractivity contribution is -0.117. The minimum Gasteiger partial charge on any atom is -0.369 e. The summed E-state index contributed by atoms with van der Waals surface area (Å²) in [5, 5.41) is 2.76. The fourth-order valence-electron chi connectivity index (χ4n) is 2.73. The number of nitrogens with two attached hydrogens (primary N) is 1. The number of thiazole rings is 1. The van der Waals surface area contributed by atoms with Crippen molar-refractivity contribution in [3.05, 3.63) is 63.7 Å². The Morgan fingerprint density at radius 3 is 2.70 bits per heavy atom. The van der Waals surface area contributed by atoms with Gasteiger partial charge in [0.25, 0.3) is 0 Å². The van der Waals surface area contributed by atoms with Crippen molar-refractivity contribution in [3.63, 3.8) is 0 Å². The summed E-state index contributed by atoms with van der Waals surface area (Å²) in [5.74, 6) is -0.347. The summed E-state index contributed by atoms with van der Waals surface area (Å²) < 4.78 is 2.29. The van der Waals surface area contributed by atoms with Gasteiger partial charge in [-0.25, -0.2) is 4.98 Å². The maximum atomic E-state index is 11.0. The van der Waals surface area contributed by atoms with Gasteiger partial charge in [-0.3, -0.25) is 4.79 Å². The molecule has 0 saturated carbocycles. The molecule has 0 unspecified atom stereocenters. The van der Waals surface area contributed by atoms with E-state index >= 15 is 0 Å². The summed E-state index contributed by atoms with van der Waals surface area (Å²) >= 11 is 1.48.